The number of nitrogens with one attached hydrogen (secondary N) is 1. The number of esters is 1. The molecule has 3 N–H and O–H groups in total. The average molecular weight is 370 g/mol. The number of fused-ring (bicyclic) bond motifs is 1. The largest absolute Gasteiger partial charge is 0.464 e. The lowest BCUT2D eigenvalue weighted by molar-refractivity contribution is 0.0589. The summed E-state index contributed by atoms with van der Waals surface area (Å²) in [7, 11) is 1.30. The summed E-state index contributed by atoms with van der Waals surface area (Å²) in [4.78, 5) is 29.5. The van der Waals surface area contributed by atoms with Gasteiger partial charge >= 0.3 is 5.97 Å². The maximum atomic E-state index is 12.5. The zero-order chi connectivity index (χ0) is 19.6. The number of nitrogen functional groups attached to an aromatic ring is 1. The number of anilines is 2. The average Bonchev–Trinajstić information content (AvgIpc) is 3.26. The van der Waals surface area contributed by atoms with Crippen LogP contribution in [0.5, 0.6) is 0 Å². The van der Waals surface area contributed by atoms with Crippen LogP contribution in [0.1, 0.15) is 41.3 Å². The molecular weight excluding hydrogens is 348 g/mol. The van der Waals surface area contributed by atoms with Crippen molar-refractivity contribution in [3.05, 3.63) is 42.1 Å². The van der Waals surface area contributed by atoms with Crippen molar-refractivity contribution in [2.45, 2.75) is 26.8 Å². The van der Waals surface area contributed by atoms with Gasteiger partial charge < -0.3 is 24.8 Å². The van der Waals surface area contributed by atoms with Gasteiger partial charge in [0.25, 0.3) is 5.91 Å². The first-order valence-electron chi connectivity index (χ1n) is 8.63. The number of pyridine rings is 1. The Hall–Kier alpha value is -3.29. The predicted molar refractivity (Wildman–Crippen MR) is 102 cm³/mol. The van der Waals surface area contributed by atoms with Crippen LogP contribution in [0.4, 0.5) is 11.4 Å². The van der Waals surface area contributed by atoms with Crippen LogP contribution in [0, 0.1) is 5.92 Å². The standard InChI is InChI=1S/C19H22N4O4/c1-11(2)6-7-23-16(19(25)26-3)15(13-9-12(20)10-21-17(13)23)22-18(24)14-5-4-8-27-14/h4-5,8-11H,6-7,20H2,1-3H3,(H,22,24). The van der Waals surface area contributed by atoms with Crippen LogP contribution in [-0.4, -0.2) is 28.5 Å². The summed E-state index contributed by atoms with van der Waals surface area (Å²) in [5.74, 6) is -0.491. The van der Waals surface area contributed by atoms with E-state index in [4.69, 9.17) is 14.9 Å². The minimum Gasteiger partial charge on any atom is -0.464 e. The fourth-order valence-electron chi connectivity index (χ4n) is 2.86. The molecule has 3 rings (SSSR count). The van der Waals surface area contributed by atoms with E-state index in [0.29, 0.717) is 34.9 Å². The lowest BCUT2D eigenvalue weighted by Gasteiger charge is -2.11. The Labute approximate surface area is 156 Å². The number of nitrogens with zero attached hydrogens (tertiary/aromatic N) is 2. The monoisotopic (exact) mass is 370 g/mol. The molecule has 3 aromatic heterocycles. The van der Waals surface area contributed by atoms with Crippen molar-refractivity contribution in [3.63, 3.8) is 0 Å². The highest BCUT2D eigenvalue weighted by Crippen LogP contribution is 2.33. The summed E-state index contributed by atoms with van der Waals surface area (Å²) in [6.07, 6.45) is 3.75. The summed E-state index contributed by atoms with van der Waals surface area (Å²) in [6.45, 7) is 4.73. The molecule has 27 heavy (non-hydrogen) atoms. The van der Waals surface area contributed by atoms with Gasteiger partial charge in [0.05, 0.1) is 30.9 Å². The Morgan fingerprint density at radius 2 is 2.19 bits per heavy atom. The molecule has 3 aromatic rings. The van der Waals surface area contributed by atoms with Gasteiger partial charge in [-0.2, -0.15) is 0 Å². The summed E-state index contributed by atoms with van der Waals surface area (Å²) in [6, 6.07) is 4.83. The van der Waals surface area contributed by atoms with Crippen molar-refractivity contribution in [1.82, 2.24) is 9.55 Å². The Morgan fingerprint density at radius 1 is 1.41 bits per heavy atom. The normalized spacial score (nSPS) is 11.1. The lowest BCUT2D eigenvalue weighted by atomic mass is 10.1. The highest BCUT2D eigenvalue weighted by molar-refractivity contribution is 6.14. The van der Waals surface area contributed by atoms with Gasteiger partial charge in [0, 0.05) is 11.9 Å². The van der Waals surface area contributed by atoms with Crippen LogP contribution in [0.15, 0.2) is 35.1 Å². The highest BCUT2D eigenvalue weighted by atomic mass is 16.5. The van der Waals surface area contributed by atoms with E-state index >= 15 is 0 Å². The molecule has 0 fully saturated rings. The predicted octanol–water partition coefficient (Wildman–Crippen LogP) is 3.30. The molecule has 8 nitrogen and oxygen atoms in total. The lowest BCUT2D eigenvalue weighted by Crippen LogP contribution is -2.17. The van der Waals surface area contributed by atoms with E-state index in [1.165, 1.54) is 25.6 Å². The molecule has 0 unspecified atom stereocenters. The number of aromatic nitrogens is 2. The van der Waals surface area contributed by atoms with Gasteiger partial charge in [0.15, 0.2) is 11.5 Å². The molecule has 142 valence electrons. The molecule has 1 amide bonds. The Morgan fingerprint density at radius 3 is 2.81 bits per heavy atom. The number of carbonyl (C=O) groups excluding carboxylic acids is 2. The molecule has 0 radical (unpaired) electrons. The molecule has 0 atom stereocenters. The molecule has 3 heterocycles. The molecule has 0 aromatic carbocycles. The third kappa shape index (κ3) is 3.64. The molecular formula is C19H22N4O4. The van der Waals surface area contributed by atoms with Crippen molar-refractivity contribution >= 4 is 34.3 Å². The molecule has 8 heteroatoms. The number of furan rings is 1. The summed E-state index contributed by atoms with van der Waals surface area (Å²) in [5, 5.41) is 3.33. The molecule has 0 saturated heterocycles. The van der Waals surface area contributed by atoms with Crippen LogP contribution in [0.3, 0.4) is 0 Å². The zero-order valence-electron chi connectivity index (χ0n) is 15.5. The maximum Gasteiger partial charge on any atom is 0.356 e. The highest BCUT2D eigenvalue weighted by Gasteiger charge is 2.26. The molecule has 0 bridgehead atoms. The van der Waals surface area contributed by atoms with Gasteiger partial charge in [-0.15, -0.1) is 0 Å². The summed E-state index contributed by atoms with van der Waals surface area (Å²) < 4.78 is 11.9. The molecule has 0 aliphatic heterocycles. The van der Waals surface area contributed by atoms with Crippen LogP contribution < -0.4 is 11.1 Å². The van der Waals surface area contributed by atoms with Gasteiger partial charge in [-0.1, -0.05) is 13.8 Å². The minimum atomic E-state index is -0.565. The van der Waals surface area contributed by atoms with Crippen LogP contribution in [0.25, 0.3) is 11.0 Å². The Bertz CT molecular complexity index is 973. The third-order valence-corrected chi connectivity index (χ3v) is 4.21. The number of amides is 1. The summed E-state index contributed by atoms with van der Waals surface area (Å²) in [5.41, 5.74) is 7.40. The van der Waals surface area contributed by atoms with Gasteiger partial charge in [0.2, 0.25) is 0 Å². The van der Waals surface area contributed by atoms with Crippen LogP contribution >= 0.6 is 0 Å². The van der Waals surface area contributed by atoms with Crippen molar-refractivity contribution in [1.29, 1.82) is 0 Å². The van der Waals surface area contributed by atoms with E-state index in [2.05, 4.69) is 24.1 Å². The number of nitrogens with two attached hydrogens (primary N) is 1. The number of hydrogen-bond donors (Lipinski definition) is 2. The zero-order valence-corrected chi connectivity index (χ0v) is 15.5. The molecule has 0 spiro atoms. The second-order valence-corrected chi connectivity index (χ2v) is 6.62. The Kier molecular flexibility index (Phi) is 5.16. The van der Waals surface area contributed by atoms with Gasteiger partial charge in [-0.25, -0.2) is 9.78 Å². The van der Waals surface area contributed by atoms with E-state index in [9.17, 15) is 9.59 Å². The second-order valence-electron chi connectivity index (χ2n) is 6.62. The van der Waals surface area contributed by atoms with Crippen molar-refractivity contribution in [2.24, 2.45) is 5.92 Å². The fourth-order valence-corrected chi connectivity index (χ4v) is 2.86. The summed E-state index contributed by atoms with van der Waals surface area (Å²) >= 11 is 0. The van der Waals surface area contributed by atoms with Gasteiger partial charge in [-0.05, 0) is 30.5 Å². The number of hydrogen-bond acceptors (Lipinski definition) is 6. The van der Waals surface area contributed by atoms with Crippen molar-refractivity contribution in [3.8, 4) is 0 Å². The number of aryl methyl sites for hydroxylation is 1. The smallest absolute Gasteiger partial charge is 0.356 e. The Balaban J connectivity index is 2.17. The number of ether oxygens (including phenoxy) is 1. The van der Waals surface area contributed by atoms with E-state index in [0.717, 1.165) is 6.42 Å². The van der Waals surface area contributed by atoms with Crippen molar-refractivity contribution < 1.29 is 18.7 Å². The van der Waals surface area contributed by atoms with E-state index in [1.807, 2.05) is 0 Å². The number of rotatable bonds is 6. The number of carbonyl (C=O) groups is 2. The quantitative estimate of drug-likeness (QED) is 0.644. The third-order valence-electron chi connectivity index (χ3n) is 4.21. The first kappa shape index (κ1) is 18.5. The topological polar surface area (TPSA) is 112 Å². The molecule has 0 aliphatic rings. The van der Waals surface area contributed by atoms with E-state index in [1.54, 1.807) is 16.7 Å². The fraction of sp³-hybridized carbons (Fsp3) is 0.316. The maximum absolute atomic E-state index is 12.5. The van der Waals surface area contributed by atoms with Gasteiger partial charge in [-0.3, -0.25) is 4.79 Å². The minimum absolute atomic E-state index is 0.130. The van der Waals surface area contributed by atoms with Crippen molar-refractivity contribution in [2.75, 3.05) is 18.2 Å². The second kappa shape index (κ2) is 7.53. The van der Waals surface area contributed by atoms with Crippen LogP contribution in [-0.2, 0) is 11.3 Å². The van der Waals surface area contributed by atoms with Crippen LogP contribution in [0.2, 0.25) is 0 Å². The number of methoxy groups -OCH3 is 1. The molecule has 0 saturated carbocycles. The van der Waals surface area contributed by atoms with Gasteiger partial charge in [0.1, 0.15) is 5.65 Å². The molecule has 0 aliphatic carbocycles. The van der Waals surface area contributed by atoms with E-state index in [-0.39, 0.29) is 11.5 Å². The SMILES string of the molecule is COC(=O)c1c(NC(=O)c2ccco2)c2cc(N)cnc2n1CCC(C)C. The van der Waals surface area contributed by atoms with E-state index < -0.39 is 11.9 Å². The first-order chi connectivity index (χ1) is 12.9. The first-order valence-corrected chi connectivity index (χ1v) is 8.63.